The number of rotatable bonds is 5. The quantitative estimate of drug-likeness (QED) is 0.765. The molecule has 1 aliphatic heterocycles. The van der Waals surface area contributed by atoms with Crippen LogP contribution in [0.3, 0.4) is 0 Å². The van der Waals surface area contributed by atoms with Crippen molar-refractivity contribution >= 4 is 17.7 Å². The van der Waals surface area contributed by atoms with Crippen LogP contribution in [-0.2, 0) is 4.79 Å². The minimum atomic E-state index is -1.08. The fraction of sp³-hybridized carbons (Fsp3) is 0.273. The second-order valence-electron chi connectivity index (χ2n) is 7.01. The molecule has 3 rings (SSSR count). The Morgan fingerprint density at radius 2 is 1.70 bits per heavy atom. The molecule has 0 saturated carbocycles. The maximum absolute atomic E-state index is 13.1. The van der Waals surface area contributed by atoms with Gasteiger partial charge < -0.3 is 20.9 Å². The van der Waals surface area contributed by atoms with E-state index in [0.29, 0.717) is 16.7 Å². The van der Waals surface area contributed by atoms with Gasteiger partial charge in [0, 0.05) is 37.3 Å². The third kappa shape index (κ3) is 4.31. The number of benzene rings is 2. The van der Waals surface area contributed by atoms with Gasteiger partial charge in [0.1, 0.15) is 0 Å². The highest BCUT2D eigenvalue weighted by atomic mass is 16.2. The fourth-order valence-corrected chi connectivity index (χ4v) is 3.42. The monoisotopic (exact) mass is 405 g/mol. The van der Waals surface area contributed by atoms with Gasteiger partial charge in [0.15, 0.2) is 6.17 Å². The Bertz CT molecular complexity index is 997. The molecular weight excluding hydrogens is 382 g/mol. The zero-order chi connectivity index (χ0) is 21.7. The van der Waals surface area contributed by atoms with Crippen molar-refractivity contribution in [2.45, 2.75) is 13.1 Å². The Kier molecular flexibility index (Phi) is 6.45. The van der Waals surface area contributed by atoms with Crippen LogP contribution in [0.4, 0.5) is 0 Å². The number of nitrogens with one attached hydrogen (secondary N) is 1. The summed E-state index contributed by atoms with van der Waals surface area (Å²) in [5.74, 6) is -1.16. The van der Waals surface area contributed by atoms with E-state index in [1.165, 1.54) is 9.80 Å². The van der Waals surface area contributed by atoms with Gasteiger partial charge in [-0.25, -0.2) is 0 Å². The molecule has 0 aliphatic carbocycles. The summed E-state index contributed by atoms with van der Waals surface area (Å²) in [4.78, 5) is 41.9. The van der Waals surface area contributed by atoms with Crippen molar-refractivity contribution in [3.05, 3.63) is 70.8 Å². The highest BCUT2D eigenvalue weighted by Gasteiger charge is 2.43. The Labute approximate surface area is 174 Å². The van der Waals surface area contributed by atoms with Crippen molar-refractivity contribution in [3.63, 3.8) is 0 Å². The normalized spacial score (nSPS) is 15.6. The maximum Gasteiger partial charge on any atom is 0.263 e. The van der Waals surface area contributed by atoms with Gasteiger partial charge in [-0.3, -0.25) is 14.4 Å². The lowest BCUT2D eigenvalue weighted by Crippen LogP contribution is -2.54. The Morgan fingerprint density at radius 3 is 2.27 bits per heavy atom. The molecule has 1 heterocycles. The van der Waals surface area contributed by atoms with Crippen LogP contribution in [0.1, 0.15) is 31.8 Å². The second kappa shape index (κ2) is 9.20. The van der Waals surface area contributed by atoms with Gasteiger partial charge >= 0.3 is 0 Å². The zero-order valence-corrected chi connectivity index (χ0v) is 16.7. The molecule has 3 N–H and O–H groups in total. The summed E-state index contributed by atoms with van der Waals surface area (Å²) in [6.07, 6.45) is -1.08. The minimum Gasteiger partial charge on any atom is -0.351 e. The van der Waals surface area contributed by atoms with Crippen LogP contribution in [0.15, 0.2) is 48.5 Å². The van der Waals surface area contributed by atoms with Crippen molar-refractivity contribution in [1.29, 1.82) is 5.26 Å². The van der Waals surface area contributed by atoms with Crippen LogP contribution in [0.5, 0.6) is 0 Å². The van der Waals surface area contributed by atoms with E-state index in [-0.39, 0.29) is 38.0 Å². The average molecular weight is 405 g/mol. The molecule has 154 valence electrons. The van der Waals surface area contributed by atoms with Crippen molar-refractivity contribution in [3.8, 4) is 6.07 Å². The number of aryl methyl sites for hydroxylation is 1. The predicted octanol–water partition coefficient (Wildman–Crippen LogP) is 0.866. The number of hydrogen-bond acceptors (Lipinski definition) is 5. The lowest BCUT2D eigenvalue weighted by Gasteiger charge is -2.29. The molecule has 0 bridgehead atoms. The van der Waals surface area contributed by atoms with Gasteiger partial charge in [0.05, 0.1) is 11.6 Å². The number of amides is 3. The number of nitriles is 1. The Balaban J connectivity index is 1.90. The summed E-state index contributed by atoms with van der Waals surface area (Å²) in [6.45, 7) is 2.81. The van der Waals surface area contributed by atoms with E-state index in [2.05, 4.69) is 5.32 Å². The van der Waals surface area contributed by atoms with E-state index in [1.807, 2.05) is 19.1 Å². The average Bonchev–Trinajstić information content (AvgIpc) is 3.21. The molecule has 1 saturated heterocycles. The first-order chi connectivity index (χ1) is 14.5. The zero-order valence-electron chi connectivity index (χ0n) is 16.7. The summed E-state index contributed by atoms with van der Waals surface area (Å²) in [5.41, 5.74) is 7.65. The first-order valence-electron chi connectivity index (χ1n) is 9.63. The molecule has 8 nitrogen and oxygen atoms in total. The number of hydrogen-bond donors (Lipinski definition) is 2. The third-order valence-corrected chi connectivity index (χ3v) is 4.90. The lowest BCUT2D eigenvalue weighted by atomic mass is 10.1. The van der Waals surface area contributed by atoms with Crippen LogP contribution in [0.25, 0.3) is 0 Å². The summed E-state index contributed by atoms with van der Waals surface area (Å²) in [7, 11) is 0. The minimum absolute atomic E-state index is 0.219. The molecule has 0 aromatic heterocycles. The summed E-state index contributed by atoms with van der Waals surface area (Å²) < 4.78 is 0. The number of carbonyl (C=O) groups excluding carboxylic acids is 3. The number of carbonyl (C=O) groups is 3. The fourth-order valence-electron chi connectivity index (χ4n) is 3.42. The molecule has 1 unspecified atom stereocenters. The molecule has 30 heavy (non-hydrogen) atoms. The molecule has 1 aliphatic rings. The van der Waals surface area contributed by atoms with E-state index < -0.39 is 12.1 Å². The topological polar surface area (TPSA) is 120 Å². The van der Waals surface area contributed by atoms with Crippen molar-refractivity contribution in [1.82, 2.24) is 15.1 Å². The SMILES string of the molecule is Cc1cccc(C(=O)N2CCN(C(=O)c3ccc(C#N)cc3)C2C(=O)NCCN)c1. The highest BCUT2D eigenvalue weighted by molar-refractivity contribution is 6.02. The maximum atomic E-state index is 13.1. The van der Waals surface area contributed by atoms with Crippen LogP contribution in [0.2, 0.25) is 0 Å². The van der Waals surface area contributed by atoms with E-state index in [1.54, 1.807) is 42.5 Å². The van der Waals surface area contributed by atoms with E-state index in [9.17, 15) is 14.4 Å². The van der Waals surface area contributed by atoms with Gasteiger partial charge in [0.25, 0.3) is 17.7 Å². The molecule has 0 radical (unpaired) electrons. The molecular formula is C22H23N5O3. The standard InChI is InChI=1S/C22H23N5O3/c1-15-3-2-4-18(13-15)22(30)27-12-11-26(20(27)19(28)25-10-9-23)21(29)17-7-5-16(14-24)6-8-17/h2-8,13,20H,9-12,23H2,1H3,(H,25,28). The largest absolute Gasteiger partial charge is 0.351 e. The van der Waals surface area contributed by atoms with Crippen molar-refractivity contribution in [2.75, 3.05) is 26.2 Å². The molecule has 1 atom stereocenters. The first kappa shape index (κ1) is 21.0. The molecule has 2 aromatic carbocycles. The summed E-state index contributed by atoms with van der Waals surface area (Å²) >= 11 is 0. The van der Waals surface area contributed by atoms with E-state index >= 15 is 0 Å². The third-order valence-electron chi connectivity index (χ3n) is 4.90. The van der Waals surface area contributed by atoms with Gasteiger partial charge in [-0.2, -0.15) is 5.26 Å². The number of nitrogens with zero attached hydrogens (tertiary/aromatic N) is 3. The van der Waals surface area contributed by atoms with Crippen molar-refractivity contribution in [2.24, 2.45) is 5.73 Å². The molecule has 2 aromatic rings. The van der Waals surface area contributed by atoms with Gasteiger partial charge in [0.2, 0.25) is 0 Å². The number of nitrogens with two attached hydrogens (primary N) is 1. The van der Waals surface area contributed by atoms with Gasteiger partial charge in [-0.05, 0) is 43.3 Å². The van der Waals surface area contributed by atoms with Crippen LogP contribution in [0, 0.1) is 18.3 Å². The lowest BCUT2D eigenvalue weighted by molar-refractivity contribution is -0.128. The molecule has 0 spiro atoms. The summed E-state index contributed by atoms with van der Waals surface area (Å²) in [5, 5.41) is 11.6. The smallest absolute Gasteiger partial charge is 0.263 e. The van der Waals surface area contributed by atoms with Crippen molar-refractivity contribution < 1.29 is 14.4 Å². The van der Waals surface area contributed by atoms with E-state index in [0.717, 1.165) is 5.56 Å². The molecule has 1 fully saturated rings. The Hall–Kier alpha value is -3.70. The van der Waals surface area contributed by atoms with Gasteiger partial charge in [-0.15, -0.1) is 0 Å². The predicted molar refractivity (Wildman–Crippen MR) is 110 cm³/mol. The van der Waals surface area contributed by atoms with E-state index in [4.69, 9.17) is 11.0 Å². The van der Waals surface area contributed by atoms with Crippen LogP contribution >= 0.6 is 0 Å². The Morgan fingerprint density at radius 1 is 1.07 bits per heavy atom. The van der Waals surface area contributed by atoms with Gasteiger partial charge in [-0.1, -0.05) is 17.7 Å². The first-order valence-corrected chi connectivity index (χ1v) is 9.63. The highest BCUT2D eigenvalue weighted by Crippen LogP contribution is 2.22. The second-order valence-corrected chi connectivity index (χ2v) is 7.01. The molecule has 3 amide bonds. The molecule has 8 heteroatoms. The van der Waals surface area contributed by atoms with Crippen LogP contribution in [-0.4, -0.2) is 59.9 Å². The van der Waals surface area contributed by atoms with Crippen LogP contribution < -0.4 is 11.1 Å². The summed E-state index contributed by atoms with van der Waals surface area (Å²) in [6, 6.07) is 15.3.